The number of pyridine rings is 2. The van der Waals surface area contributed by atoms with E-state index in [0.717, 1.165) is 60.1 Å². The molecule has 0 unspecified atom stereocenters. The monoisotopic (exact) mass is 495 g/mol. The minimum absolute atomic E-state index is 0.0103. The molecule has 1 fully saturated rings. The highest BCUT2D eigenvalue weighted by Crippen LogP contribution is 2.32. The quantitative estimate of drug-likeness (QED) is 0.244. The van der Waals surface area contributed by atoms with Crippen LogP contribution in [0.15, 0.2) is 72.9 Å². The van der Waals surface area contributed by atoms with Gasteiger partial charge in [-0.25, -0.2) is 19.3 Å². The number of nitrogens with one attached hydrogen (secondary N) is 2. The van der Waals surface area contributed by atoms with Crippen LogP contribution in [0.2, 0.25) is 0 Å². The summed E-state index contributed by atoms with van der Waals surface area (Å²) in [5.74, 6) is 1.68. The molecular weight excluding hydrogens is 465 g/mol. The Balaban J connectivity index is 1.31. The van der Waals surface area contributed by atoms with Gasteiger partial charge < -0.3 is 14.8 Å². The van der Waals surface area contributed by atoms with Gasteiger partial charge in [0.1, 0.15) is 23.3 Å². The van der Waals surface area contributed by atoms with Crippen LogP contribution in [0.1, 0.15) is 37.2 Å². The van der Waals surface area contributed by atoms with E-state index in [-0.39, 0.29) is 11.9 Å². The molecule has 1 atom stereocenters. The van der Waals surface area contributed by atoms with E-state index in [1.165, 1.54) is 6.07 Å². The average Bonchev–Trinajstić information content (AvgIpc) is 3.62. The Kier molecular flexibility index (Phi) is 7.07. The Hall–Kier alpha value is -4.33. The van der Waals surface area contributed by atoms with Gasteiger partial charge in [0, 0.05) is 20.1 Å². The van der Waals surface area contributed by atoms with E-state index in [1.54, 1.807) is 30.5 Å². The molecule has 1 aliphatic heterocycles. The molecule has 4 heterocycles. The summed E-state index contributed by atoms with van der Waals surface area (Å²) in [6.07, 6.45) is 7.15. The second-order valence-electron chi connectivity index (χ2n) is 9.11. The number of aromatic amines is 1. The molecule has 37 heavy (non-hydrogen) atoms. The molecule has 188 valence electrons. The molecule has 4 aromatic rings. The van der Waals surface area contributed by atoms with Gasteiger partial charge in [-0.2, -0.15) is 0 Å². The highest BCUT2D eigenvalue weighted by molar-refractivity contribution is 5.94. The number of imidazole rings is 1. The maximum Gasteiger partial charge on any atom is 0.130 e. The predicted molar refractivity (Wildman–Crippen MR) is 146 cm³/mol. The van der Waals surface area contributed by atoms with E-state index < -0.39 is 0 Å². The van der Waals surface area contributed by atoms with Gasteiger partial charge in [0.2, 0.25) is 0 Å². The number of hydrogen-bond acceptors (Lipinski definition) is 5. The number of benzene rings is 1. The number of H-pyrrole nitrogens is 1. The fourth-order valence-corrected chi connectivity index (χ4v) is 4.59. The van der Waals surface area contributed by atoms with E-state index in [9.17, 15) is 4.39 Å². The van der Waals surface area contributed by atoms with Gasteiger partial charge in [-0.1, -0.05) is 24.3 Å². The van der Waals surface area contributed by atoms with Crippen molar-refractivity contribution < 1.29 is 4.39 Å². The number of halogens is 1. The van der Waals surface area contributed by atoms with Crippen molar-refractivity contribution in [3.63, 3.8) is 0 Å². The molecular formula is C29H30FN7. The fraction of sp³-hybridized carbons (Fsp3) is 0.241. The highest BCUT2D eigenvalue weighted by Gasteiger charge is 2.27. The summed E-state index contributed by atoms with van der Waals surface area (Å²) in [7, 11) is 2.01. The number of hydrogen-bond donors (Lipinski definition) is 2. The van der Waals surface area contributed by atoms with E-state index in [0.29, 0.717) is 11.7 Å². The van der Waals surface area contributed by atoms with Crippen LogP contribution in [0.4, 0.5) is 10.2 Å². The Bertz CT molecular complexity index is 1430. The molecule has 7 nitrogen and oxygen atoms in total. The van der Waals surface area contributed by atoms with Crippen molar-refractivity contribution in [1.29, 1.82) is 5.41 Å². The van der Waals surface area contributed by atoms with Crippen LogP contribution in [0.5, 0.6) is 0 Å². The minimum atomic E-state index is -0.246. The number of nitrogens with zero attached hydrogens (tertiary/aromatic N) is 5. The van der Waals surface area contributed by atoms with E-state index in [1.807, 2.05) is 54.4 Å². The van der Waals surface area contributed by atoms with E-state index >= 15 is 0 Å². The second-order valence-corrected chi connectivity index (χ2v) is 9.11. The van der Waals surface area contributed by atoms with Crippen LogP contribution in [0.3, 0.4) is 0 Å². The molecule has 0 radical (unpaired) electrons. The summed E-state index contributed by atoms with van der Waals surface area (Å²) in [6.45, 7) is 3.73. The maximum absolute atomic E-state index is 13.7. The number of anilines is 1. The van der Waals surface area contributed by atoms with Gasteiger partial charge in [-0.3, -0.25) is 5.41 Å². The molecule has 0 amide bonds. The third-order valence-corrected chi connectivity index (χ3v) is 6.68. The molecule has 1 aromatic carbocycles. The first-order valence-corrected chi connectivity index (χ1v) is 12.5. The third-order valence-electron chi connectivity index (χ3n) is 6.68. The summed E-state index contributed by atoms with van der Waals surface area (Å²) in [5, 5.41) is 8.61. The van der Waals surface area contributed by atoms with E-state index in [4.69, 9.17) is 15.4 Å². The summed E-state index contributed by atoms with van der Waals surface area (Å²) in [6, 6.07) is 18.5. The lowest BCUT2D eigenvalue weighted by molar-refractivity contribution is 0.399. The standard InChI is InChI=1S/C29H30FN7/c1-3-36(2)29-14-6-12-23(35-29)22-10-5-11-24(33-22)25-19-32-28(34-25)16-15-27(31)37-17-7-13-26(37)20-8-4-9-21(30)18-20/h4-6,8-12,14-16,18-19,26,31H,3,7,13,17H2,1-2H3,(H,32,34)/b16-15-,31-27?/t26-/m1/s1. The van der Waals surface area contributed by atoms with Crippen LogP contribution in [-0.2, 0) is 0 Å². The second kappa shape index (κ2) is 10.7. The van der Waals surface area contributed by atoms with Crippen molar-refractivity contribution in [3.8, 4) is 22.8 Å². The molecule has 5 rings (SSSR count). The molecule has 0 saturated carbocycles. The van der Waals surface area contributed by atoms with Gasteiger partial charge in [0.25, 0.3) is 0 Å². The molecule has 2 N–H and O–H groups in total. The topological polar surface area (TPSA) is 84.8 Å². The molecule has 1 aliphatic rings. The smallest absolute Gasteiger partial charge is 0.130 e. The summed E-state index contributed by atoms with van der Waals surface area (Å²) >= 11 is 0. The first-order valence-electron chi connectivity index (χ1n) is 12.5. The summed E-state index contributed by atoms with van der Waals surface area (Å²) < 4.78 is 13.7. The Morgan fingerprint density at radius 3 is 2.68 bits per heavy atom. The Morgan fingerprint density at radius 2 is 1.86 bits per heavy atom. The van der Waals surface area contributed by atoms with E-state index in [2.05, 4.69) is 21.8 Å². The van der Waals surface area contributed by atoms with Crippen LogP contribution in [0.25, 0.3) is 28.9 Å². The predicted octanol–water partition coefficient (Wildman–Crippen LogP) is 5.96. The normalized spacial score (nSPS) is 15.4. The maximum atomic E-state index is 13.7. The van der Waals surface area contributed by atoms with Gasteiger partial charge in [0.05, 0.1) is 35.0 Å². The molecule has 0 bridgehead atoms. The molecule has 0 spiro atoms. The van der Waals surface area contributed by atoms with Crippen molar-refractivity contribution in [3.05, 3.63) is 90.1 Å². The van der Waals surface area contributed by atoms with Crippen molar-refractivity contribution in [2.45, 2.75) is 25.8 Å². The number of likely N-dealkylation sites (tertiary alicyclic amines) is 1. The Labute approximate surface area is 216 Å². The fourth-order valence-electron chi connectivity index (χ4n) is 4.59. The lowest BCUT2D eigenvalue weighted by Crippen LogP contribution is -2.28. The molecule has 0 aliphatic carbocycles. The van der Waals surface area contributed by atoms with Crippen LogP contribution in [0, 0.1) is 11.2 Å². The zero-order valence-electron chi connectivity index (χ0n) is 21.0. The number of amidine groups is 1. The molecule has 8 heteroatoms. The number of rotatable bonds is 7. The van der Waals surface area contributed by atoms with Crippen molar-refractivity contribution in [1.82, 2.24) is 24.8 Å². The minimum Gasteiger partial charge on any atom is -0.360 e. The van der Waals surface area contributed by atoms with Crippen LogP contribution >= 0.6 is 0 Å². The van der Waals surface area contributed by atoms with Crippen LogP contribution < -0.4 is 4.90 Å². The lowest BCUT2D eigenvalue weighted by Gasteiger charge is -2.26. The number of aromatic nitrogens is 4. The van der Waals surface area contributed by atoms with Gasteiger partial charge in [-0.05, 0) is 73.9 Å². The highest BCUT2D eigenvalue weighted by atomic mass is 19.1. The summed E-state index contributed by atoms with van der Waals surface area (Å²) in [4.78, 5) is 21.4. The summed E-state index contributed by atoms with van der Waals surface area (Å²) in [5.41, 5.74) is 4.05. The zero-order valence-corrected chi connectivity index (χ0v) is 21.0. The Morgan fingerprint density at radius 1 is 1.11 bits per heavy atom. The van der Waals surface area contributed by atoms with Gasteiger partial charge in [-0.15, -0.1) is 0 Å². The van der Waals surface area contributed by atoms with Crippen molar-refractivity contribution in [2.24, 2.45) is 0 Å². The molecule has 3 aromatic heterocycles. The molecule has 1 saturated heterocycles. The lowest BCUT2D eigenvalue weighted by atomic mass is 10.0. The van der Waals surface area contributed by atoms with Crippen molar-refractivity contribution >= 4 is 17.7 Å². The van der Waals surface area contributed by atoms with Gasteiger partial charge in [0.15, 0.2) is 0 Å². The first-order chi connectivity index (χ1) is 18.0. The SMILES string of the molecule is CCN(C)c1cccc(-c2cccc(-c3cnc(/C=C\C(=N)N4CCC[C@@H]4c4cccc(F)c4)[nH]3)n2)n1. The third kappa shape index (κ3) is 5.43. The van der Waals surface area contributed by atoms with Gasteiger partial charge >= 0.3 is 0 Å². The van der Waals surface area contributed by atoms with Crippen molar-refractivity contribution in [2.75, 3.05) is 25.0 Å². The average molecular weight is 496 g/mol. The first kappa shape index (κ1) is 24.4. The zero-order chi connectivity index (χ0) is 25.8. The van der Waals surface area contributed by atoms with Crippen LogP contribution in [-0.4, -0.2) is 50.8 Å². The largest absolute Gasteiger partial charge is 0.360 e.